The van der Waals surface area contributed by atoms with Gasteiger partial charge in [-0.15, -0.1) is 0 Å². The standard InChI is InChI=1S/C27H27BO6/c1-25(2)26(3,4)34-28(33-25)20-16-21(24(29)30-5)23-22(17-20)31-27(32-23,18-12-8-6-9-13-18)19-14-10-7-11-15-19/h6-17H,1-5H3. The van der Waals surface area contributed by atoms with Crippen molar-refractivity contribution in [3.8, 4) is 11.5 Å². The van der Waals surface area contributed by atoms with Gasteiger partial charge in [-0.1, -0.05) is 60.7 Å². The van der Waals surface area contributed by atoms with Gasteiger partial charge in [0.15, 0.2) is 11.5 Å². The molecule has 0 atom stereocenters. The van der Waals surface area contributed by atoms with Crippen LogP contribution in [0.3, 0.4) is 0 Å². The van der Waals surface area contributed by atoms with Gasteiger partial charge in [0, 0.05) is 11.1 Å². The van der Waals surface area contributed by atoms with E-state index in [-0.39, 0.29) is 5.56 Å². The van der Waals surface area contributed by atoms with Gasteiger partial charge in [0.25, 0.3) is 0 Å². The molecule has 0 aromatic heterocycles. The van der Waals surface area contributed by atoms with E-state index in [2.05, 4.69) is 0 Å². The number of hydrogen-bond donors (Lipinski definition) is 0. The second-order valence-electron chi connectivity index (χ2n) is 9.53. The van der Waals surface area contributed by atoms with Gasteiger partial charge in [0.05, 0.1) is 18.3 Å². The Bertz CT molecular complexity index is 1170. The highest BCUT2D eigenvalue weighted by Crippen LogP contribution is 2.49. The van der Waals surface area contributed by atoms with Crippen molar-refractivity contribution in [1.82, 2.24) is 0 Å². The number of rotatable bonds is 4. The van der Waals surface area contributed by atoms with E-state index in [1.807, 2.05) is 94.4 Å². The van der Waals surface area contributed by atoms with Gasteiger partial charge in [0.2, 0.25) is 0 Å². The lowest BCUT2D eigenvalue weighted by molar-refractivity contribution is -0.0462. The molecule has 3 aromatic rings. The van der Waals surface area contributed by atoms with Crippen LogP contribution in [0.15, 0.2) is 72.8 Å². The summed E-state index contributed by atoms with van der Waals surface area (Å²) < 4.78 is 30.6. The molecule has 1 fully saturated rings. The van der Waals surface area contributed by atoms with E-state index < -0.39 is 30.1 Å². The Morgan fingerprint density at radius 1 is 0.794 bits per heavy atom. The summed E-state index contributed by atoms with van der Waals surface area (Å²) >= 11 is 0. The Morgan fingerprint density at radius 2 is 1.32 bits per heavy atom. The lowest BCUT2D eigenvalue weighted by Crippen LogP contribution is -2.41. The van der Waals surface area contributed by atoms with Crippen molar-refractivity contribution >= 4 is 18.6 Å². The SMILES string of the molecule is COC(=O)c1cc(B2OC(C)(C)C(C)(C)O2)cc2c1OC(c1ccccc1)(c1ccccc1)O2. The van der Waals surface area contributed by atoms with Crippen LogP contribution in [0, 0.1) is 0 Å². The van der Waals surface area contributed by atoms with E-state index in [4.69, 9.17) is 23.5 Å². The van der Waals surface area contributed by atoms with E-state index >= 15 is 0 Å². The quantitative estimate of drug-likeness (QED) is 0.426. The van der Waals surface area contributed by atoms with Crippen LogP contribution >= 0.6 is 0 Å². The van der Waals surface area contributed by atoms with Crippen molar-refractivity contribution in [1.29, 1.82) is 0 Å². The molecule has 0 spiro atoms. The van der Waals surface area contributed by atoms with E-state index in [0.29, 0.717) is 17.0 Å². The molecule has 0 bridgehead atoms. The van der Waals surface area contributed by atoms with Gasteiger partial charge < -0.3 is 23.5 Å². The molecule has 0 N–H and O–H groups in total. The lowest BCUT2D eigenvalue weighted by Gasteiger charge is -2.32. The first-order valence-corrected chi connectivity index (χ1v) is 11.3. The van der Waals surface area contributed by atoms with Gasteiger partial charge in [0.1, 0.15) is 5.56 Å². The molecule has 3 aromatic carbocycles. The summed E-state index contributed by atoms with van der Waals surface area (Å²) in [6.07, 6.45) is 0. The Hall–Kier alpha value is -3.29. The van der Waals surface area contributed by atoms with Crippen LogP contribution in [-0.2, 0) is 19.8 Å². The first-order valence-electron chi connectivity index (χ1n) is 11.3. The average Bonchev–Trinajstić information content (AvgIpc) is 3.33. The molecular formula is C27H27BO6. The number of hydrogen-bond acceptors (Lipinski definition) is 6. The second kappa shape index (κ2) is 7.89. The highest BCUT2D eigenvalue weighted by Gasteiger charge is 2.53. The van der Waals surface area contributed by atoms with Crippen molar-refractivity contribution in [3.05, 3.63) is 89.5 Å². The van der Waals surface area contributed by atoms with Crippen molar-refractivity contribution in [3.63, 3.8) is 0 Å². The Labute approximate surface area is 199 Å². The maximum Gasteiger partial charge on any atom is 0.494 e. The van der Waals surface area contributed by atoms with E-state index in [0.717, 1.165) is 11.1 Å². The Morgan fingerprint density at radius 3 is 1.82 bits per heavy atom. The molecule has 0 aliphatic carbocycles. The summed E-state index contributed by atoms with van der Waals surface area (Å²) in [5.41, 5.74) is 1.43. The molecule has 0 amide bonds. The average molecular weight is 458 g/mol. The van der Waals surface area contributed by atoms with Gasteiger partial charge in [-0.2, -0.15) is 0 Å². The molecule has 7 heteroatoms. The second-order valence-corrected chi connectivity index (χ2v) is 9.53. The van der Waals surface area contributed by atoms with Crippen LogP contribution in [-0.4, -0.2) is 31.4 Å². The fourth-order valence-electron chi connectivity index (χ4n) is 4.22. The highest BCUT2D eigenvalue weighted by atomic mass is 16.7. The van der Waals surface area contributed by atoms with E-state index in [1.165, 1.54) is 7.11 Å². The van der Waals surface area contributed by atoms with E-state index in [1.54, 1.807) is 6.07 Å². The van der Waals surface area contributed by atoms with Crippen LogP contribution in [0.5, 0.6) is 11.5 Å². The van der Waals surface area contributed by atoms with Crippen molar-refractivity contribution in [2.75, 3.05) is 7.11 Å². The van der Waals surface area contributed by atoms with Crippen molar-refractivity contribution in [2.45, 2.75) is 44.7 Å². The summed E-state index contributed by atoms with van der Waals surface area (Å²) in [6, 6.07) is 22.8. The summed E-state index contributed by atoms with van der Waals surface area (Å²) in [7, 11) is 0.666. The third kappa shape index (κ3) is 3.47. The molecule has 6 nitrogen and oxygen atoms in total. The van der Waals surface area contributed by atoms with Crippen LogP contribution in [0.2, 0.25) is 0 Å². The number of methoxy groups -OCH3 is 1. The number of ether oxygens (including phenoxy) is 3. The van der Waals surface area contributed by atoms with E-state index in [9.17, 15) is 4.79 Å². The monoisotopic (exact) mass is 458 g/mol. The van der Waals surface area contributed by atoms with Gasteiger partial charge >= 0.3 is 18.9 Å². The largest absolute Gasteiger partial charge is 0.494 e. The highest BCUT2D eigenvalue weighted by molar-refractivity contribution is 6.62. The molecule has 0 unspecified atom stereocenters. The molecule has 1 saturated heterocycles. The number of esters is 1. The zero-order chi connectivity index (χ0) is 24.1. The fraction of sp³-hybridized carbons (Fsp3) is 0.296. The Kier molecular flexibility index (Phi) is 5.22. The third-order valence-electron chi connectivity index (χ3n) is 6.82. The molecule has 2 aliphatic rings. The predicted octanol–water partition coefficient (Wildman–Crippen LogP) is 4.44. The minimum Gasteiger partial charge on any atom is -0.465 e. The number of carbonyl (C=O) groups is 1. The molecule has 34 heavy (non-hydrogen) atoms. The molecule has 0 radical (unpaired) electrons. The summed E-state index contributed by atoms with van der Waals surface area (Å²) in [4.78, 5) is 12.8. The van der Waals surface area contributed by atoms with Crippen molar-refractivity contribution in [2.24, 2.45) is 0 Å². The summed E-state index contributed by atoms with van der Waals surface area (Å²) in [5, 5.41) is 0. The van der Waals surface area contributed by atoms with Gasteiger partial charge in [-0.25, -0.2) is 4.79 Å². The fourth-order valence-corrected chi connectivity index (χ4v) is 4.22. The Balaban J connectivity index is 1.65. The topological polar surface area (TPSA) is 63.2 Å². The molecule has 2 heterocycles. The first kappa shape index (κ1) is 22.5. The summed E-state index contributed by atoms with van der Waals surface area (Å²) in [6.45, 7) is 7.93. The molecule has 174 valence electrons. The van der Waals surface area contributed by atoms with Crippen LogP contribution in [0.25, 0.3) is 0 Å². The number of benzene rings is 3. The third-order valence-corrected chi connectivity index (χ3v) is 6.82. The zero-order valence-electron chi connectivity index (χ0n) is 20.0. The molecule has 0 saturated carbocycles. The van der Waals surface area contributed by atoms with Crippen LogP contribution in [0.4, 0.5) is 0 Å². The predicted molar refractivity (Wildman–Crippen MR) is 128 cm³/mol. The summed E-state index contributed by atoms with van der Waals surface area (Å²) in [5.74, 6) is -1.06. The molecular weight excluding hydrogens is 431 g/mol. The smallest absolute Gasteiger partial charge is 0.465 e. The zero-order valence-corrected chi connectivity index (χ0v) is 20.0. The maximum atomic E-state index is 12.8. The van der Waals surface area contributed by atoms with Gasteiger partial charge in [-0.3, -0.25) is 0 Å². The molecule has 5 rings (SSSR count). The van der Waals surface area contributed by atoms with Crippen molar-refractivity contribution < 1.29 is 28.3 Å². The maximum absolute atomic E-state index is 12.8. The first-order chi connectivity index (χ1) is 16.2. The van der Waals surface area contributed by atoms with Crippen LogP contribution in [0.1, 0.15) is 49.2 Å². The lowest BCUT2D eigenvalue weighted by atomic mass is 9.78. The minimum atomic E-state index is -1.26. The molecule has 2 aliphatic heterocycles. The van der Waals surface area contributed by atoms with Gasteiger partial charge in [-0.05, 0) is 45.3 Å². The van der Waals surface area contributed by atoms with Crippen LogP contribution < -0.4 is 14.9 Å². The minimum absolute atomic E-state index is 0.249. The number of fused-ring (bicyclic) bond motifs is 1. The normalized spacial score (nSPS) is 19.1. The number of carbonyl (C=O) groups excluding carboxylic acids is 1.